The van der Waals surface area contributed by atoms with E-state index in [-0.39, 0.29) is 11.8 Å². The molecule has 1 amide bonds. The van der Waals surface area contributed by atoms with Crippen LogP contribution < -0.4 is 15.4 Å². The van der Waals surface area contributed by atoms with Gasteiger partial charge in [0.15, 0.2) is 12.1 Å². The van der Waals surface area contributed by atoms with Gasteiger partial charge < -0.3 is 19.8 Å². The Labute approximate surface area is 135 Å². The van der Waals surface area contributed by atoms with Gasteiger partial charge in [-0.1, -0.05) is 0 Å². The van der Waals surface area contributed by atoms with E-state index in [4.69, 9.17) is 9.15 Å². The average Bonchev–Trinajstić information content (AvgIpc) is 3.07. The molecule has 2 N–H and O–H groups in total. The van der Waals surface area contributed by atoms with Crippen molar-refractivity contribution in [1.82, 2.24) is 10.3 Å². The minimum Gasteiger partial charge on any atom is -0.494 e. The molecule has 122 valence electrons. The highest BCUT2D eigenvalue weighted by molar-refractivity contribution is 6.03. The van der Waals surface area contributed by atoms with Crippen molar-refractivity contribution in [3.05, 3.63) is 42.1 Å². The molecule has 1 aliphatic rings. The van der Waals surface area contributed by atoms with Gasteiger partial charge in [0.1, 0.15) is 11.5 Å². The Balaban J connectivity index is 1.69. The van der Waals surface area contributed by atoms with Crippen molar-refractivity contribution in [3.63, 3.8) is 0 Å². The first kappa shape index (κ1) is 15.6. The van der Waals surface area contributed by atoms with Crippen LogP contribution in [-0.4, -0.2) is 30.6 Å². The molecule has 0 spiro atoms. The molecule has 3 rings (SSSR count). The molecule has 0 saturated carbocycles. The number of ether oxygens (including phenoxy) is 1. The van der Waals surface area contributed by atoms with Gasteiger partial charge >= 0.3 is 0 Å². The van der Waals surface area contributed by atoms with Crippen LogP contribution in [-0.2, 0) is 0 Å². The summed E-state index contributed by atoms with van der Waals surface area (Å²) in [6.45, 7) is 4.38. The van der Waals surface area contributed by atoms with Crippen LogP contribution in [0.2, 0.25) is 0 Å². The molecule has 23 heavy (non-hydrogen) atoms. The number of piperidine rings is 1. The fourth-order valence-electron chi connectivity index (χ4n) is 2.78. The molecule has 0 aliphatic carbocycles. The van der Waals surface area contributed by atoms with Gasteiger partial charge in [-0.25, -0.2) is 4.98 Å². The second kappa shape index (κ2) is 7.28. The molecule has 0 radical (unpaired) electrons. The van der Waals surface area contributed by atoms with Crippen molar-refractivity contribution >= 4 is 11.6 Å². The van der Waals surface area contributed by atoms with Gasteiger partial charge in [0.2, 0.25) is 0 Å². The molecule has 6 heteroatoms. The van der Waals surface area contributed by atoms with Crippen LogP contribution in [0.25, 0.3) is 0 Å². The van der Waals surface area contributed by atoms with Gasteiger partial charge in [0.25, 0.3) is 5.91 Å². The van der Waals surface area contributed by atoms with Crippen molar-refractivity contribution in [3.8, 4) is 5.75 Å². The number of aromatic nitrogens is 1. The normalized spacial score (nSPS) is 17.7. The van der Waals surface area contributed by atoms with Crippen molar-refractivity contribution in [1.29, 1.82) is 0 Å². The molecular formula is C17H21N3O3. The highest BCUT2D eigenvalue weighted by Gasteiger charge is 2.25. The molecule has 6 nitrogen and oxygen atoms in total. The molecule has 1 unspecified atom stereocenters. The molecule has 2 heterocycles. The van der Waals surface area contributed by atoms with Gasteiger partial charge in [-0.05, 0) is 50.6 Å². The second-order valence-electron chi connectivity index (χ2n) is 5.52. The van der Waals surface area contributed by atoms with E-state index in [2.05, 4.69) is 15.6 Å². The van der Waals surface area contributed by atoms with Crippen LogP contribution in [0.5, 0.6) is 5.75 Å². The Morgan fingerprint density at radius 3 is 2.96 bits per heavy atom. The summed E-state index contributed by atoms with van der Waals surface area (Å²) >= 11 is 0. The first-order chi connectivity index (χ1) is 11.3. The predicted molar refractivity (Wildman–Crippen MR) is 86.9 cm³/mol. The maximum atomic E-state index is 12.5. The summed E-state index contributed by atoms with van der Waals surface area (Å²) in [7, 11) is 0. The van der Waals surface area contributed by atoms with Crippen LogP contribution >= 0.6 is 0 Å². The van der Waals surface area contributed by atoms with E-state index in [1.54, 1.807) is 0 Å². The van der Waals surface area contributed by atoms with Crippen molar-refractivity contribution in [2.45, 2.75) is 25.7 Å². The zero-order chi connectivity index (χ0) is 16.1. The van der Waals surface area contributed by atoms with Crippen LogP contribution in [0, 0.1) is 0 Å². The monoisotopic (exact) mass is 315 g/mol. The highest BCUT2D eigenvalue weighted by atomic mass is 16.5. The standard InChI is InChI=1S/C17H21N3O3/c1-2-22-14-7-5-13(6-8-14)20-17(21)15-16(23-11-19-15)12-4-3-9-18-10-12/h5-8,11-12,18H,2-4,9-10H2,1H3,(H,20,21). The number of carbonyl (C=O) groups excluding carboxylic acids is 1. The van der Waals surface area contributed by atoms with Crippen LogP contribution in [0.15, 0.2) is 35.1 Å². The Kier molecular flexibility index (Phi) is 4.92. The van der Waals surface area contributed by atoms with E-state index in [1.165, 1.54) is 6.39 Å². The predicted octanol–water partition coefficient (Wildman–Crippen LogP) is 2.79. The van der Waals surface area contributed by atoms with Gasteiger partial charge in [-0.3, -0.25) is 4.79 Å². The zero-order valence-electron chi connectivity index (χ0n) is 13.2. The van der Waals surface area contributed by atoms with E-state index in [1.807, 2.05) is 31.2 Å². The summed E-state index contributed by atoms with van der Waals surface area (Å²) in [6, 6.07) is 7.28. The summed E-state index contributed by atoms with van der Waals surface area (Å²) in [5, 5.41) is 6.18. The Morgan fingerprint density at radius 2 is 2.26 bits per heavy atom. The van der Waals surface area contributed by atoms with E-state index in [9.17, 15) is 4.79 Å². The lowest BCUT2D eigenvalue weighted by Crippen LogP contribution is -2.29. The Bertz CT molecular complexity index is 645. The summed E-state index contributed by atoms with van der Waals surface area (Å²) in [6.07, 6.45) is 3.42. The van der Waals surface area contributed by atoms with Crippen molar-refractivity contribution in [2.75, 3.05) is 25.0 Å². The lowest BCUT2D eigenvalue weighted by molar-refractivity contribution is 0.102. The number of oxazole rings is 1. The van der Waals surface area contributed by atoms with Gasteiger partial charge in [-0.15, -0.1) is 0 Å². The number of hydrogen-bond donors (Lipinski definition) is 2. The second-order valence-corrected chi connectivity index (χ2v) is 5.52. The zero-order valence-corrected chi connectivity index (χ0v) is 13.2. The van der Waals surface area contributed by atoms with Gasteiger partial charge in [0, 0.05) is 18.2 Å². The summed E-state index contributed by atoms with van der Waals surface area (Å²) < 4.78 is 10.9. The number of rotatable bonds is 5. The van der Waals surface area contributed by atoms with E-state index >= 15 is 0 Å². The molecule has 1 fully saturated rings. The largest absolute Gasteiger partial charge is 0.494 e. The van der Waals surface area contributed by atoms with Gasteiger partial charge in [0.05, 0.1) is 6.61 Å². The molecule has 1 aromatic carbocycles. The van der Waals surface area contributed by atoms with Crippen molar-refractivity contribution in [2.24, 2.45) is 0 Å². The number of nitrogens with one attached hydrogen (secondary N) is 2. The average molecular weight is 315 g/mol. The van der Waals surface area contributed by atoms with Gasteiger partial charge in [-0.2, -0.15) is 0 Å². The van der Waals surface area contributed by atoms with E-state index in [0.717, 1.165) is 31.7 Å². The number of hydrogen-bond acceptors (Lipinski definition) is 5. The topological polar surface area (TPSA) is 76.4 Å². The number of benzene rings is 1. The van der Waals surface area contributed by atoms with Crippen LogP contribution in [0.3, 0.4) is 0 Å². The van der Waals surface area contributed by atoms with E-state index < -0.39 is 0 Å². The molecule has 2 aromatic rings. The third-order valence-corrected chi connectivity index (χ3v) is 3.90. The number of anilines is 1. The first-order valence-corrected chi connectivity index (χ1v) is 7.96. The quantitative estimate of drug-likeness (QED) is 0.887. The maximum Gasteiger partial charge on any atom is 0.277 e. The first-order valence-electron chi connectivity index (χ1n) is 7.96. The number of nitrogens with zero attached hydrogens (tertiary/aromatic N) is 1. The Morgan fingerprint density at radius 1 is 1.43 bits per heavy atom. The van der Waals surface area contributed by atoms with Crippen LogP contribution in [0.4, 0.5) is 5.69 Å². The minimum atomic E-state index is -0.247. The SMILES string of the molecule is CCOc1ccc(NC(=O)c2ncoc2C2CCCNC2)cc1. The summed E-state index contributed by atoms with van der Waals surface area (Å²) in [5.41, 5.74) is 1.07. The number of amides is 1. The molecule has 1 atom stereocenters. The smallest absolute Gasteiger partial charge is 0.277 e. The lowest BCUT2D eigenvalue weighted by Gasteiger charge is -2.21. The summed E-state index contributed by atoms with van der Waals surface area (Å²) in [4.78, 5) is 16.6. The molecular weight excluding hydrogens is 294 g/mol. The third kappa shape index (κ3) is 3.71. The summed E-state index contributed by atoms with van der Waals surface area (Å²) in [5.74, 6) is 1.40. The van der Waals surface area contributed by atoms with E-state index in [0.29, 0.717) is 23.7 Å². The lowest BCUT2D eigenvalue weighted by atomic mass is 9.95. The number of carbonyl (C=O) groups is 1. The molecule has 0 bridgehead atoms. The molecule has 1 aliphatic heterocycles. The molecule has 1 aromatic heterocycles. The molecule has 1 saturated heterocycles. The fraction of sp³-hybridized carbons (Fsp3) is 0.412. The fourth-order valence-corrected chi connectivity index (χ4v) is 2.78. The van der Waals surface area contributed by atoms with Crippen LogP contribution in [0.1, 0.15) is 41.9 Å². The Hall–Kier alpha value is -2.34. The van der Waals surface area contributed by atoms with Crippen molar-refractivity contribution < 1.29 is 13.9 Å². The highest BCUT2D eigenvalue weighted by Crippen LogP contribution is 2.26. The third-order valence-electron chi connectivity index (χ3n) is 3.90. The maximum absolute atomic E-state index is 12.5. The minimum absolute atomic E-state index is 0.201.